The van der Waals surface area contributed by atoms with Gasteiger partial charge in [-0.15, -0.1) is 0 Å². The zero-order valence-corrected chi connectivity index (χ0v) is 9.44. The Labute approximate surface area is 99.0 Å². The Kier molecular flexibility index (Phi) is 2.74. The van der Waals surface area contributed by atoms with E-state index in [0.717, 1.165) is 11.3 Å². The van der Waals surface area contributed by atoms with Crippen molar-refractivity contribution in [3.63, 3.8) is 0 Å². The van der Waals surface area contributed by atoms with Crippen molar-refractivity contribution in [2.75, 3.05) is 11.5 Å². The highest BCUT2D eigenvalue weighted by atomic mass is 14.8. The van der Waals surface area contributed by atoms with E-state index in [9.17, 15) is 0 Å². The van der Waals surface area contributed by atoms with Gasteiger partial charge in [0.1, 0.15) is 5.82 Å². The topological polar surface area (TPSA) is 102 Å². The van der Waals surface area contributed by atoms with E-state index in [1.54, 1.807) is 18.3 Å². The Morgan fingerprint density at radius 2 is 2.00 bits per heavy atom. The zero-order valence-electron chi connectivity index (χ0n) is 9.44. The average Bonchev–Trinajstić information content (AvgIpc) is 2.28. The van der Waals surface area contributed by atoms with Crippen LogP contribution >= 0.6 is 0 Å². The van der Waals surface area contributed by atoms with Crippen molar-refractivity contribution in [1.82, 2.24) is 9.97 Å². The third-order valence-corrected chi connectivity index (χ3v) is 2.41. The number of hydrogen-bond acceptors (Lipinski definition) is 5. The predicted molar refractivity (Wildman–Crippen MR) is 68.0 cm³/mol. The summed E-state index contributed by atoms with van der Waals surface area (Å²) in [5.74, 6) is 0.352. The SMILES string of the molecule is Cc1cc(C(=N)c2cnc(N)cc2N)ccn1. The molecule has 5 N–H and O–H groups in total. The fraction of sp³-hybridized carbons (Fsp3) is 0.0833. The molecule has 2 rings (SSSR count). The molecule has 17 heavy (non-hydrogen) atoms. The molecular weight excluding hydrogens is 214 g/mol. The molecule has 0 fully saturated rings. The van der Waals surface area contributed by atoms with Gasteiger partial charge in [0.15, 0.2) is 0 Å². The van der Waals surface area contributed by atoms with E-state index in [-0.39, 0.29) is 0 Å². The van der Waals surface area contributed by atoms with Crippen LogP contribution in [0.15, 0.2) is 30.6 Å². The fourth-order valence-electron chi connectivity index (χ4n) is 1.55. The molecule has 5 nitrogen and oxygen atoms in total. The van der Waals surface area contributed by atoms with E-state index in [1.165, 1.54) is 6.20 Å². The number of hydrogen-bond donors (Lipinski definition) is 3. The van der Waals surface area contributed by atoms with Crippen LogP contribution < -0.4 is 11.5 Å². The van der Waals surface area contributed by atoms with E-state index in [4.69, 9.17) is 16.9 Å². The Morgan fingerprint density at radius 1 is 1.24 bits per heavy atom. The van der Waals surface area contributed by atoms with Gasteiger partial charge >= 0.3 is 0 Å². The molecule has 2 aromatic rings. The smallest absolute Gasteiger partial charge is 0.125 e. The molecule has 0 aliphatic rings. The normalized spacial score (nSPS) is 10.2. The van der Waals surface area contributed by atoms with Crippen LogP contribution in [0.25, 0.3) is 0 Å². The summed E-state index contributed by atoms with van der Waals surface area (Å²) in [5.41, 5.74) is 14.3. The first-order valence-electron chi connectivity index (χ1n) is 5.11. The molecule has 0 atom stereocenters. The maximum absolute atomic E-state index is 8.09. The molecule has 0 saturated carbocycles. The average molecular weight is 227 g/mol. The monoisotopic (exact) mass is 227 g/mol. The van der Waals surface area contributed by atoms with E-state index >= 15 is 0 Å². The summed E-state index contributed by atoms with van der Waals surface area (Å²) in [6, 6.07) is 5.15. The Hall–Kier alpha value is -2.43. The van der Waals surface area contributed by atoms with Crippen molar-refractivity contribution in [2.24, 2.45) is 0 Å². The number of nitrogens with one attached hydrogen (secondary N) is 1. The first-order chi connectivity index (χ1) is 8.08. The number of rotatable bonds is 2. The lowest BCUT2D eigenvalue weighted by Crippen LogP contribution is -2.07. The Bertz CT molecular complexity index is 577. The molecule has 2 aromatic heterocycles. The first-order valence-corrected chi connectivity index (χ1v) is 5.11. The maximum Gasteiger partial charge on any atom is 0.125 e. The molecule has 0 unspecified atom stereocenters. The highest BCUT2D eigenvalue weighted by Gasteiger charge is 2.09. The van der Waals surface area contributed by atoms with E-state index in [0.29, 0.717) is 22.8 Å². The number of nitrogens with zero attached hydrogens (tertiary/aromatic N) is 2. The molecule has 0 aliphatic carbocycles. The molecule has 0 radical (unpaired) electrons. The minimum Gasteiger partial charge on any atom is -0.398 e. The first kappa shape index (κ1) is 11.1. The number of aryl methyl sites for hydroxylation is 1. The molecule has 0 aromatic carbocycles. The van der Waals surface area contributed by atoms with E-state index in [1.807, 2.05) is 13.0 Å². The molecule has 86 valence electrons. The minimum atomic E-state index is 0.320. The van der Waals surface area contributed by atoms with Crippen LogP contribution in [0, 0.1) is 12.3 Å². The summed E-state index contributed by atoms with van der Waals surface area (Å²) >= 11 is 0. The summed E-state index contributed by atoms with van der Waals surface area (Å²) in [4.78, 5) is 8.04. The van der Waals surface area contributed by atoms with Crippen LogP contribution in [-0.2, 0) is 0 Å². The second-order valence-corrected chi connectivity index (χ2v) is 3.76. The molecule has 0 bridgehead atoms. The standard InChI is InChI=1S/C12H13N5/c1-7-4-8(2-3-16-7)12(15)9-6-17-11(14)5-10(9)13/h2-6,15H,1H3,(H4,13,14,17). The number of pyridine rings is 2. The van der Waals surface area contributed by atoms with Gasteiger partial charge in [-0.2, -0.15) is 0 Å². The highest BCUT2D eigenvalue weighted by molar-refractivity contribution is 6.13. The van der Waals surface area contributed by atoms with Gasteiger partial charge in [0.25, 0.3) is 0 Å². The third kappa shape index (κ3) is 2.23. The quantitative estimate of drug-likeness (QED) is 0.674. The summed E-state index contributed by atoms with van der Waals surface area (Å²) in [7, 11) is 0. The predicted octanol–water partition coefficient (Wildman–Crippen LogP) is 1.37. The van der Waals surface area contributed by atoms with E-state index in [2.05, 4.69) is 9.97 Å². The van der Waals surface area contributed by atoms with Crippen molar-refractivity contribution < 1.29 is 0 Å². The van der Waals surface area contributed by atoms with Crippen molar-refractivity contribution in [3.05, 3.63) is 47.4 Å². The Balaban J connectivity index is 2.44. The summed E-state index contributed by atoms with van der Waals surface area (Å²) in [6.07, 6.45) is 3.18. The van der Waals surface area contributed by atoms with Gasteiger partial charge in [-0.1, -0.05) is 0 Å². The molecule has 5 heteroatoms. The van der Waals surface area contributed by atoms with Crippen LogP contribution in [-0.4, -0.2) is 15.7 Å². The summed E-state index contributed by atoms with van der Waals surface area (Å²) in [5, 5.41) is 8.09. The van der Waals surface area contributed by atoms with Gasteiger partial charge in [0, 0.05) is 41.0 Å². The van der Waals surface area contributed by atoms with Gasteiger partial charge in [0.05, 0.1) is 5.71 Å². The van der Waals surface area contributed by atoms with Gasteiger partial charge in [0.2, 0.25) is 0 Å². The van der Waals surface area contributed by atoms with Crippen molar-refractivity contribution in [2.45, 2.75) is 6.92 Å². The van der Waals surface area contributed by atoms with E-state index < -0.39 is 0 Å². The lowest BCUT2D eigenvalue weighted by atomic mass is 10.0. The molecule has 0 saturated heterocycles. The number of nitrogen functional groups attached to an aromatic ring is 2. The van der Waals surface area contributed by atoms with Crippen LogP contribution in [0.1, 0.15) is 16.8 Å². The number of aromatic nitrogens is 2. The molecule has 2 heterocycles. The van der Waals surface area contributed by atoms with Gasteiger partial charge in [-0.3, -0.25) is 10.4 Å². The summed E-state index contributed by atoms with van der Waals surface area (Å²) in [6.45, 7) is 1.88. The largest absolute Gasteiger partial charge is 0.398 e. The minimum absolute atomic E-state index is 0.320. The van der Waals surface area contributed by atoms with Gasteiger partial charge in [-0.05, 0) is 19.1 Å². The molecular formula is C12H13N5. The van der Waals surface area contributed by atoms with Crippen molar-refractivity contribution >= 4 is 17.2 Å². The van der Waals surface area contributed by atoms with Crippen LogP contribution in [0.2, 0.25) is 0 Å². The zero-order chi connectivity index (χ0) is 12.4. The summed E-state index contributed by atoms with van der Waals surface area (Å²) < 4.78 is 0. The van der Waals surface area contributed by atoms with Crippen molar-refractivity contribution in [3.8, 4) is 0 Å². The third-order valence-electron chi connectivity index (χ3n) is 2.41. The van der Waals surface area contributed by atoms with Gasteiger partial charge in [-0.25, -0.2) is 4.98 Å². The molecule has 0 spiro atoms. The number of nitrogens with two attached hydrogens (primary N) is 2. The lowest BCUT2D eigenvalue weighted by Gasteiger charge is -2.08. The number of anilines is 2. The molecule has 0 aliphatic heterocycles. The second-order valence-electron chi connectivity index (χ2n) is 3.76. The maximum atomic E-state index is 8.09. The lowest BCUT2D eigenvalue weighted by molar-refractivity contribution is 1.19. The van der Waals surface area contributed by atoms with Crippen molar-refractivity contribution in [1.29, 1.82) is 5.41 Å². The van der Waals surface area contributed by atoms with Gasteiger partial charge < -0.3 is 11.5 Å². The van der Waals surface area contributed by atoms with Crippen LogP contribution in [0.4, 0.5) is 11.5 Å². The van der Waals surface area contributed by atoms with Crippen LogP contribution in [0.3, 0.4) is 0 Å². The van der Waals surface area contributed by atoms with Crippen LogP contribution in [0.5, 0.6) is 0 Å². The highest BCUT2D eigenvalue weighted by Crippen LogP contribution is 2.17. The second kappa shape index (κ2) is 4.21. The molecule has 0 amide bonds. The fourth-order valence-corrected chi connectivity index (χ4v) is 1.55. The Morgan fingerprint density at radius 3 is 2.65 bits per heavy atom.